The number of hydrogen-bond donors (Lipinski definition) is 0. The van der Waals surface area contributed by atoms with Gasteiger partial charge < -0.3 is 0 Å². The minimum atomic E-state index is -0.409. The summed E-state index contributed by atoms with van der Waals surface area (Å²) in [7, 11) is 0. The molecule has 0 atom stereocenters. The molecule has 1 aromatic carbocycles. The van der Waals surface area contributed by atoms with Crippen LogP contribution in [0.1, 0.15) is 38.2 Å². The fourth-order valence-electron chi connectivity index (χ4n) is 1.86. The Hall–Kier alpha value is -1.97. The highest BCUT2D eigenvalue weighted by Gasteiger charge is 2.15. The molecule has 4 nitrogen and oxygen atoms in total. The van der Waals surface area contributed by atoms with Crippen LogP contribution in [-0.2, 0) is 4.79 Å². The Balaban J connectivity index is 3.02. The predicted molar refractivity (Wildman–Crippen MR) is 71.3 cm³/mol. The molecule has 0 aliphatic heterocycles. The number of carbonyl (C=O) groups is 1. The van der Waals surface area contributed by atoms with Gasteiger partial charge in [0, 0.05) is 6.07 Å². The molecular weight excluding hydrogens is 230 g/mol. The fraction of sp³-hybridized carbons (Fsp3) is 0.357. The lowest BCUT2D eigenvalue weighted by atomic mass is 9.98. The van der Waals surface area contributed by atoms with Gasteiger partial charge in [0.05, 0.1) is 10.5 Å². The van der Waals surface area contributed by atoms with Crippen LogP contribution >= 0.6 is 0 Å². The molecule has 0 amide bonds. The minimum absolute atomic E-state index is 0.0575. The van der Waals surface area contributed by atoms with Crippen molar-refractivity contribution in [2.75, 3.05) is 0 Å². The summed E-state index contributed by atoms with van der Waals surface area (Å²) >= 11 is 0. The van der Waals surface area contributed by atoms with E-state index in [1.165, 1.54) is 12.1 Å². The van der Waals surface area contributed by atoms with Crippen LogP contribution in [0.3, 0.4) is 0 Å². The van der Waals surface area contributed by atoms with Gasteiger partial charge in [0.1, 0.15) is 6.29 Å². The highest BCUT2D eigenvalue weighted by atomic mass is 16.6. The quantitative estimate of drug-likeness (QED) is 0.242. The number of rotatable bonds is 7. The van der Waals surface area contributed by atoms with E-state index in [4.69, 9.17) is 0 Å². The van der Waals surface area contributed by atoms with Crippen molar-refractivity contribution in [2.45, 2.75) is 32.6 Å². The van der Waals surface area contributed by atoms with E-state index in [9.17, 15) is 14.9 Å². The Kier molecular flexibility index (Phi) is 5.77. The number of unbranched alkanes of at least 4 members (excludes halogenated alkanes) is 2. The summed E-state index contributed by atoms with van der Waals surface area (Å²) in [5.41, 5.74) is 1.35. The second kappa shape index (κ2) is 7.37. The molecular formula is C14H17NO3. The topological polar surface area (TPSA) is 60.2 Å². The molecule has 0 N–H and O–H groups in total. The zero-order valence-corrected chi connectivity index (χ0v) is 10.5. The summed E-state index contributed by atoms with van der Waals surface area (Å²) in [5.74, 6) is 0. The number of benzene rings is 1. The molecule has 0 aliphatic carbocycles. The van der Waals surface area contributed by atoms with Crippen molar-refractivity contribution in [1.82, 2.24) is 0 Å². The molecule has 0 aliphatic rings. The van der Waals surface area contributed by atoms with Crippen molar-refractivity contribution < 1.29 is 9.72 Å². The Morgan fingerprint density at radius 3 is 2.67 bits per heavy atom. The van der Waals surface area contributed by atoms with Gasteiger partial charge >= 0.3 is 0 Å². The SMILES string of the molecule is CCCCCC(=CC=O)c1ccccc1[N+](=O)[O-]. The molecule has 0 heterocycles. The lowest BCUT2D eigenvalue weighted by Crippen LogP contribution is -1.95. The maximum atomic E-state index is 11.0. The van der Waals surface area contributed by atoms with E-state index in [0.717, 1.165) is 24.8 Å². The normalized spacial score (nSPS) is 11.3. The fourth-order valence-corrected chi connectivity index (χ4v) is 1.86. The lowest BCUT2D eigenvalue weighted by molar-refractivity contribution is -0.385. The van der Waals surface area contributed by atoms with Crippen LogP contribution in [0.25, 0.3) is 5.57 Å². The monoisotopic (exact) mass is 247 g/mol. The van der Waals surface area contributed by atoms with E-state index < -0.39 is 4.92 Å². The summed E-state index contributed by atoms with van der Waals surface area (Å²) in [4.78, 5) is 21.2. The highest BCUT2D eigenvalue weighted by molar-refractivity contribution is 5.84. The van der Waals surface area contributed by atoms with E-state index in [-0.39, 0.29) is 5.69 Å². The first kappa shape index (κ1) is 14.1. The van der Waals surface area contributed by atoms with Gasteiger partial charge in [0.25, 0.3) is 5.69 Å². The summed E-state index contributed by atoms with van der Waals surface area (Å²) < 4.78 is 0. The second-order valence-corrected chi connectivity index (χ2v) is 4.06. The molecule has 0 bridgehead atoms. The number of para-hydroxylation sites is 1. The molecule has 0 spiro atoms. The molecule has 1 rings (SSSR count). The summed E-state index contributed by atoms with van der Waals surface area (Å²) in [6.45, 7) is 2.09. The number of hydrogen-bond acceptors (Lipinski definition) is 3. The van der Waals surface area contributed by atoms with Gasteiger partial charge in [0.2, 0.25) is 0 Å². The van der Waals surface area contributed by atoms with Crippen molar-refractivity contribution >= 4 is 17.5 Å². The van der Waals surface area contributed by atoms with Gasteiger partial charge in [-0.3, -0.25) is 14.9 Å². The number of allylic oxidation sites excluding steroid dienone is 2. The molecule has 0 aromatic heterocycles. The molecule has 96 valence electrons. The van der Waals surface area contributed by atoms with Gasteiger partial charge in [-0.25, -0.2) is 0 Å². The highest BCUT2D eigenvalue weighted by Crippen LogP contribution is 2.28. The third-order valence-electron chi connectivity index (χ3n) is 2.77. The van der Waals surface area contributed by atoms with Crippen molar-refractivity contribution in [3.63, 3.8) is 0 Å². The maximum absolute atomic E-state index is 11.0. The predicted octanol–water partition coefficient (Wildman–Crippen LogP) is 3.76. The molecule has 18 heavy (non-hydrogen) atoms. The van der Waals surface area contributed by atoms with Gasteiger partial charge in [-0.15, -0.1) is 0 Å². The number of aldehydes is 1. The van der Waals surface area contributed by atoms with Crippen LogP contribution in [0.2, 0.25) is 0 Å². The van der Waals surface area contributed by atoms with Gasteiger partial charge in [0.15, 0.2) is 0 Å². The average molecular weight is 247 g/mol. The van der Waals surface area contributed by atoms with Crippen LogP contribution in [0.5, 0.6) is 0 Å². The number of nitro benzene ring substituents is 1. The average Bonchev–Trinajstić information content (AvgIpc) is 2.38. The molecule has 1 aromatic rings. The molecule has 4 heteroatoms. The Bertz CT molecular complexity index is 452. The number of nitro groups is 1. The van der Waals surface area contributed by atoms with Crippen molar-refractivity contribution in [1.29, 1.82) is 0 Å². The molecule has 0 saturated carbocycles. The van der Waals surface area contributed by atoms with Crippen LogP contribution in [0.4, 0.5) is 5.69 Å². The number of carbonyl (C=O) groups excluding carboxylic acids is 1. The Labute approximate surface area is 106 Å². The van der Waals surface area contributed by atoms with Crippen LogP contribution in [0, 0.1) is 10.1 Å². The largest absolute Gasteiger partial charge is 0.299 e. The first-order valence-corrected chi connectivity index (χ1v) is 6.08. The van der Waals surface area contributed by atoms with E-state index in [0.29, 0.717) is 18.3 Å². The smallest absolute Gasteiger partial charge is 0.276 e. The van der Waals surface area contributed by atoms with Crippen LogP contribution in [-0.4, -0.2) is 11.2 Å². The first-order chi connectivity index (χ1) is 8.70. The molecule has 0 fully saturated rings. The van der Waals surface area contributed by atoms with E-state index in [2.05, 4.69) is 6.92 Å². The van der Waals surface area contributed by atoms with Gasteiger partial charge in [-0.05, 0) is 30.6 Å². The summed E-state index contributed by atoms with van der Waals surface area (Å²) in [6, 6.07) is 6.54. The zero-order chi connectivity index (χ0) is 13.4. The van der Waals surface area contributed by atoms with E-state index in [1.807, 2.05) is 0 Å². The first-order valence-electron chi connectivity index (χ1n) is 6.08. The van der Waals surface area contributed by atoms with Gasteiger partial charge in [-0.1, -0.05) is 31.9 Å². The van der Waals surface area contributed by atoms with E-state index in [1.54, 1.807) is 18.2 Å². The molecule has 0 saturated heterocycles. The third-order valence-corrected chi connectivity index (χ3v) is 2.77. The maximum Gasteiger partial charge on any atom is 0.276 e. The van der Waals surface area contributed by atoms with Crippen LogP contribution in [0.15, 0.2) is 30.3 Å². The number of nitrogens with zero attached hydrogens (tertiary/aromatic N) is 1. The Morgan fingerprint density at radius 1 is 1.33 bits per heavy atom. The van der Waals surface area contributed by atoms with Crippen molar-refractivity contribution in [3.05, 3.63) is 46.0 Å². The second-order valence-electron chi connectivity index (χ2n) is 4.06. The van der Waals surface area contributed by atoms with Crippen LogP contribution < -0.4 is 0 Å². The summed E-state index contributed by atoms with van der Waals surface area (Å²) in [5, 5.41) is 11.0. The van der Waals surface area contributed by atoms with Crippen molar-refractivity contribution in [3.8, 4) is 0 Å². The molecule has 0 radical (unpaired) electrons. The Morgan fingerprint density at radius 2 is 2.06 bits per heavy atom. The third kappa shape index (κ3) is 3.80. The summed E-state index contributed by atoms with van der Waals surface area (Å²) in [6.07, 6.45) is 5.87. The van der Waals surface area contributed by atoms with Gasteiger partial charge in [-0.2, -0.15) is 0 Å². The minimum Gasteiger partial charge on any atom is -0.299 e. The lowest BCUT2D eigenvalue weighted by Gasteiger charge is -2.07. The van der Waals surface area contributed by atoms with E-state index >= 15 is 0 Å². The molecule has 0 unspecified atom stereocenters. The standard InChI is InChI=1S/C14H17NO3/c1-2-3-4-7-12(10-11-16)13-8-5-6-9-14(13)15(17)18/h5-6,8-11H,2-4,7H2,1H3. The van der Waals surface area contributed by atoms with Crippen molar-refractivity contribution in [2.24, 2.45) is 0 Å². The zero-order valence-electron chi connectivity index (χ0n) is 10.5.